The number of hydrogen-bond donors (Lipinski definition) is 2. The Balaban J connectivity index is 0.00000385. The first-order valence-corrected chi connectivity index (χ1v) is 12.2. The van der Waals surface area contributed by atoms with Gasteiger partial charge in [-0.2, -0.15) is 0 Å². The second kappa shape index (κ2) is 13.1. The molecule has 3 aromatic rings. The fourth-order valence-electron chi connectivity index (χ4n) is 3.06. The molecule has 180 valence electrons. The molecule has 0 fully saturated rings. The van der Waals surface area contributed by atoms with Gasteiger partial charge in [0.05, 0.1) is 22.7 Å². The third-order valence-electron chi connectivity index (χ3n) is 4.67. The Morgan fingerprint density at radius 3 is 2.73 bits per heavy atom. The Hall–Kier alpha value is -1.88. The summed E-state index contributed by atoms with van der Waals surface area (Å²) in [6, 6.07) is 6.65. The molecular weight excluding hydrogens is 505 g/mol. The van der Waals surface area contributed by atoms with Gasteiger partial charge >= 0.3 is 0 Å². The summed E-state index contributed by atoms with van der Waals surface area (Å²) in [5.41, 5.74) is 1.24. The van der Waals surface area contributed by atoms with Gasteiger partial charge < -0.3 is 19.5 Å². The monoisotopic (exact) mass is 531 g/mol. The van der Waals surface area contributed by atoms with Crippen LogP contribution in [0.5, 0.6) is 11.5 Å². The third-order valence-corrected chi connectivity index (χ3v) is 6.91. The number of nitrogens with one attached hydrogen (secondary N) is 1. The number of halogens is 2. The van der Waals surface area contributed by atoms with Crippen molar-refractivity contribution >= 4 is 57.7 Å². The molecule has 3 rings (SSSR count). The molecule has 2 heterocycles. The van der Waals surface area contributed by atoms with Gasteiger partial charge in [-0.25, -0.2) is 4.98 Å². The highest BCUT2D eigenvalue weighted by atomic mass is 35.5. The summed E-state index contributed by atoms with van der Waals surface area (Å²) in [6.45, 7) is 3.42. The van der Waals surface area contributed by atoms with E-state index in [9.17, 15) is 4.79 Å². The quantitative estimate of drug-likeness (QED) is 0.305. The summed E-state index contributed by atoms with van der Waals surface area (Å²) in [7, 11) is 3.56. The number of aromatic nitrogens is 1. The minimum atomic E-state index is -0.480. The Bertz CT molecular complexity index is 1060. The van der Waals surface area contributed by atoms with Crippen LogP contribution in [0.25, 0.3) is 10.6 Å². The number of carbonyl (C=O) groups is 1. The molecule has 2 N–H and O–H groups in total. The number of aliphatic hydroxyl groups excluding tert-OH is 1. The standard InChI is InChI=1S/C22H26ClN3O4S2.ClH/c1-4-5-8-26(2)11-19-20(18-10-15(23)12-31-18)24-22(32-19)25-21(28)14-6-7-16(30-13-27)17(9-14)29-3;/h6-7,9-10,12,27H,4-5,8,11,13H2,1-3H3,(H,24,25,28);1H. The van der Waals surface area contributed by atoms with Crippen LogP contribution in [-0.4, -0.2) is 48.4 Å². The predicted octanol–water partition coefficient (Wildman–Crippen LogP) is 5.77. The first-order chi connectivity index (χ1) is 15.4. The zero-order chi connectivity index (χ0) is 23.1. The number of carbonyl (C=O) groups excluding carboxylic acids is 1. The maximum Gasteiger partial charge on any atom is 0.257 e. The average molecular weight is 533 g/mol. The number of amides is 1. The van der Waals surface area contributed by atoms with E-state index in [2.05, 4.69) is 24.2 Å². The Labute approximate surface area is 212 Å². The first kappa shape index (κ1) is 27.4. The smallest absolute Gasteiger partial charge is 0.257 e. The molecule has 1 amide bonds. The molecule has 0 unspecified atom stereocenters. The predicted molar refractivity (Wildman–Crippen MR) is 138 cm³/mol. The van der Waals surface area contributed by atoms with E-state index in [-0.39, 0.29) is 18.3 Å². The molecule has 0 saturated carbocycles. The number of aliphatic hydroxyl groups is 1. The molecule has 1 aromatic carbocycles. The number of ether oxygens (including phenoxy) is 2. The summed E-state index contributed by atoms with van der Waals surface area (Å²) < 4.78 is 10.3. The van der Waals surface area contributed by atoms with Gasteiger partial charge in [0.25, 0.3) is 5.91 Å². The zero-order valence-corrected chi connectivity index (χ0v) is 21.8. The molecule has 33 heavy (non-hydrogen) atoms. The zero-order valence-electron chi connectivity index (χ0n) is 18.6. The van der Waals surface area contributed by atoms with E-state index in [4.69, 9.17) is 31.2 Å². The van der Waals surface area contributed by atoms with Gasteiger partial charge in [0.1, 0.15) is 0 Å². The van der Waals surface area contributed by atoms with Gasteiger partial charge in [0.15, 0.2) is 23.4 Å². The van der Waals surface area contributed by atoms with E-state index in [1.807, 2.05) is 11.4 Å². The van der Waals surface area contributed by atoms with Crippen molar-refractivity contribution in [2.75, 3.05) is 32.8 Å². The molecule has 0 spiro atoms. The Morgan fingerprint density at radius 2 is 2.09 bits per heavy atom. The number of nitrogens with zero attached hydrogens (tertiary/aromatic N) is 2. The highest BCUT2D eigenvalue weighted by Crippen LogP contribution is 2.37. The van der Waals surface area contributed by atoms with Gasteiger partial charge in [-0.15, -0.1) is 23.7 Å². The van der Waals surface area contributed by atoms with Gasteiger partial charge in [-0.1, -0.05) is 36.3 Å². The number of unbranched alkanes of at least 4 members (excludes halogenated alkanes) is 1. The fraction of sp³-hybridized carbons (Fsp3) is 0.364. The number of rotatable bonds is 11. The lowest BCUT2D eigenvalue weighted by atomic mass is 10.2. The molecule has 0 atom stereocenters. The van der Waals surface area contributed by atoms with Crippen LogP contribution in [0.2, 0.25) is 5.02 Å². The number of methoxy groups -OCH3 is 1. The highest BCUT2D eigenvalue weighted by Gasteiger charge is 2.19. The van der Waals surface area contributed by atoms with Crippen LogP contribution >= 0.6 is 46.7 Å². The van der Waals surface area contributed by atoms with Crippen LogP contribution in [-0.2, 0) is 6.54 Å². The molecule has 0 aliphatic heterocycles. The average Bonchev–Trinajstić information content (AvgIpc) is 3.38. The van der Waals surface area contributed by atoms with Gasteiger partial charge in [-0.3, -0.25) is 10.1 Å². The maximum atomic E-state index is 12.9. The number of anilines is 1. The largest absolute Gasteiger partial charge is 0.493 e. The van der Waals surface area contributed by atoms with Gasteiger partial charge in [0.2, 0.25) is 0 Å². The van der Waals surface area contributed by atoms with Crippen LogP contribution in [0.4, 0.5) is 5.13 Å². The van der Waals surface area contributed by atoms with E-state index in [1.54, 1.807) is 18.2 Å². The lowest BCUT2D eigenvalue weighted by Gasteiger charge is -2.15. The van der Waals surface area contributed by atoms with Crippen molar-refractivity contribution in [2.45, 2.75) is 26.3 Å². The normalized spacial score (nSPS) is 10.7. The van der Waals surface area contributed by atoms with Crippen LogP contribution < -0.4 is 14.8 Å². The molecule has 7 nitrogen and oxygen atoms in total. The number of thiophene rings is 1. The van der Waals surface area contributed by atoms with Gasteiger partial charge in [0, 0.05) is 22.4 Å². The Morgan fingerprint density at radius 1 is 1.30 bits per heavy atom. The van der Waals surface area contributed by atoms with E-state index in [1.165, 1.54) is 29.8 Å². The van der Waals surface area contributed by atoms with Crippen molar-refractivity contribution in [1.29, 1.82) is 0 Å². The molecule has 0 saturated heterocycles. The lowest BCUT2D eigenvalue weighted by molar-refractivity contribution is 0.0953. The van der Waals surface area contributed by atoms with Crippen LogP contribution in [0.1, 0.15) is 35.0 Å². The van der Waals surface area contributed by atoms with Crippen LogP contribution in [0, 0.1) is 0 Å². The van der Waals surface area contributed by atoms with E-state index in [0.29, 0.717) is 27.2 Å². The van der Waals surface area contributed by atoms with E-state index < -0.39 is 6.79 Å². The third kappa shape index (κ3) is 7.30. The molecular formula is C22H27Cl2N3O4S2. The summed E-state index contributed by atoms with van der Waals surface area (Å²) in [6.07, 6.45) is 2.25. The summed E-state index contributed by atoms with van der Waals surface area (Å²) in [5, 5.41) is 14.9. The van der Waals surface area contributed by atoms with Crippen molar-refractivity contribution in [3.8, 4) is 22.1 Å². The first-order valence-electron chi connectivity index (χ1n) is 10.1. The van der Waals surface area contributed by atoms with E-state index >= 15 is 0 Å². The van der Waals surface area contributed by atoms with Crippen molar-refractivity contribution < 1.29 is 19.4 Å². The second-order valence-corrected chi connectivity index (χ2v) is 9.54. The molecule has 2 aromatic heterocycles. The SMILES string of the molecule is CCCCN(C)Cc1sc(NC(=O)c2ccc(OCO)c(OC)c2)nc1-c1cc(Cl)cs1.Cl. The van der Waals surface area contributed by atoms with Crippen molar-refractivity contribution in [3.63, 3.8) is 0 Å². The van der Waals surface area contributed by atoms with Crippen molar-refractivity contribution in [2.24, 2.45) is 0 Å². The lowest BCUT2D eigenvalue weighted by Crippen LogP contribution is -2.18. The Kier molecular flexibility index (Phi) is 10.9. The summed E-state index contributed by atoms with van der Waals surface area (Å²) in [4.78, 5) is 21.9. The number of benzene rings is 1. The topological polar surface area (TPSA) is 83.9 Å². The van der Waals surface area contributed by atoms with E-state index in [0.717, 1.165) is 41.4 Å². The number of hydrogen-bond acceptors (Lipinski definition) is 8. The molecule has 0 aliphatic rings. The number of thiazole rings is 1. The molecule has 0 radical (unpaired) electrons. The highest BCUT2D eigenvalue weighted by molar-refractivity contribution is 7.17. The second-order valence-electron chi connectivity index (χ2n) is 7.10. The molecule has 0 bridgehead atoms. The minimum absolute atomic E-state index is 0. The summed E-state index contributed by atoms with van der Waals surface area (Å²) in [5.74, 6) is 0.405. The fourth-order valence-corrected chi connectivity index (χ4v) is 5.27. The molecule has 0 aliphatic carbocycles. The van der Waals surface area contributed by atoms with Crippen molar-refractivity contribution in [1.82, 2.24) is 9.88 Å². The summed E-state index contributed by atoms with van der Waals surface area (Å²) >= 11 is 9.13. The van der Waals surface area contributed by atoms with Crippen LogP contribution in [0.3, 0.4) is 0 Å². The molecule has 11 heteroatoms. The minimum Gasteiger partial charge on any atom is -0.493 e. The van der Waals surface area contributed by atoms with Crippen molar-refractivity contribution in [3.05, 3.63) is 45.1 Å². The maximum absolute atomic E-state index is 12.9. The van der Waals surface area contributed by atoms with Gasteiger partial charge in [-0.05, 0) is 44.3 Å². The van der Waals surface area contributed by atoms with Crippen LogP contribution in [0.15, 0.2) is 29.6 Å².